The number of carbonyl (C=O) groups excluding carboxylic acids is 1. The number of aliphatic hydroxyl groups excluding tert-OH is 23. The minimum Gasteiger partial charge on any atom is -0.550 e. The topological polar surface area (TPSA) is 653 Å². The molecule has 23 N–H and O–H groups in total. The van der Waals surface area contributed by atoms with Gasteiger partial charge in [0.15, 0.2) is 50.3 Å². The van der Waals surface area contributed by atoms with E-state index < -0.39 is 298 Å². The van der Waals surface area contributed by atoms with Crippen LogP contribution in [0.25, 0.3) is 0 Å². The Bertz CT molecular complexity index is 2660. The van der Waals surface area contributed by atoms with Crippen LogP contribution < -0.4 is 34.7 Å². The number of ether oxygens (including phenoxy) is 16. The molecule has 0 aromatic heterocycles. The third kappa shape index (κ3) is 17.5. The van der Waals surface area contributed by atoms with E-state index >= 15 is 0 Å². The first kappa shape index (κ1) is 82.5. The van der Waals surface area contributed by atoms with Crippen molar-refractivity contribution >= 4 is 17.7 Å². The summed E-state index contributed by atoms with van der Waals surface area (Å²) in [4.78, 5) is 11.6. The molecule has 30 aliphatic rings. The van der Waals surface area contributed by atoms with Crippen LogP contribution in [0.4, 0.5) is 0 Å². The van der Waals surface area contributed by atoms with E-state index in [9.17, 15) is 127 Å². The molecule has 1 aromatic carbocycles. The molecule has 0 aliphatic carbocycles. The summed E-state index contributed by atoms with van der Waals surface area (Å²) in [6.45, 7) is -7.62. The van der Waals surface area contributed by atoms with E-state index in [0.717, 1.165) is 11.8 Å². The third-order valence-corrected chi connectivity index (χ3v) is 19.8. The number of carboxylic acid groups (broad SMARTS) is 1. The van der Waals surface area contributed by atoms with Crippen LogP contribution in [0.2, 0.25) is 0 Å². The molecule has 0 saturated carbocycles. The van der Waals surface area contributed by atoms with Gasteiger partial charge in [0.05, 0.1) is 52.4 Å². The maximum Gasteiger partial charge on any atom is 1.00 e. The first-order valence-electron chi connectivity index (χ1n) is 31.7. The average Bonchev–Trinajstić information content (AvgIpc) is 0.778. The molecule has 0 spiro atoms. The molecule has 31 rings (SSSR count). The molecule has 30 fully saturated rings. The van der Waals surface area contributed by atoms with Crippen molar-refractivity contribution < 1.29 is 233 Å². The van der Waals surface area contributed by atoms with Crippen LogP contribution in [0.5, 0.6) is 0 Å². The fourth-order valence-electron chi connectivity index (χ4n) is 13.1. The fraction of sp³-hybridized carbons (Fsp3) is 0.877. The summed E-state index contributed by atoms with van der Waals surface area (Å²) >= 11 is 1.02. The molecule has 568 valence electrons. The standard InChI is InChI=1S/C57H88O41S.Na/c58-7-17-42-26(67)34(75)50(83-17)92-43-18(8-59)85-52(36(77)28(43)69)94-45-20(10-61)87-54(38(79)30(45)71)96-47-22(12-63)89-56(40(81)32(47)73)98-49-24(14-99-16-4-1-15(2-5-16)3-6-25(65)66)90-57(41(82)33(49)74)97-48-23(13-64)88-55(39(80)31(48)72)95-46-21(11-62)86-53(37(78)29(46)70)93-44-19(9-60)84-51(91-42)35(76)27(44)68;/h1-2,4-5,17-24,26-64,67-82H,3,6-14H2,(H,65,66);/q;+1/p-1/t17-,18-,19+,20-,21+,22-,23+,24-,26-,27-,28-,29-,30-,31-,32-,33-,34-,35-,36+,37-,38-,39-,40+,41-,42-,43-,44-,45-,46-,47-,48-,49-,50-,51-,52-,53-,54-,55-,56-,57-;/m1./s1. The zero-order valence-corrected chi connectivity index (χ0v) is 55.8. The van der Waals surface area contributed by atoms with Gasteiger partial charge in [-0.15, -0.1) is 11.8 Å². The molecule has 0 amide bonds. The van der Waals surface area contributed by atoms with Gasteiger partial charge in [-0.3, -0.25) is 0 Å². The monoisotopic (exact) mass is 1480 g/mol. The van der Waals surface area contributed by atoms with Gasteiger partial charge in [0.2, 0.25) is 0 Å². The van der Waals surface area contributed by atoms with E-state index in [0.29, 0.717) is 10.5 Å². The smallest absolute Gasteiger partial charge is 0.550 e. The van der Waals surface area contributed by atoms with Crippen molar-refractivity contribution in [2.75, 3.05) is 52.0 Å². The predicted molar refractivity (Wildman–Crippen MR) is 304 cm³/mol. The molecule has 41 nitrogen and oxygen atoms in total. The Labute approximate surface area is 593 Å². The Morgan fingerprint density at radius 2 is 0.470 bits per heavy atom. The summed E-state index contributed by atoms with van der Waals surface area (Å²) in [5.74, 6) is -1.57. The summed E-state index contributed by atoms with van der Waals surface area (Å²) in [6.07, 6.45) is -82.2. The second-order valence-electron chi connectivity index (χ2n) is 25.1. The normalized spacial score (nSPS) is 50.0. The molecular weight excluding hydrogens is 1400 g/mol. The second kappa shape index (κ2) is 36.1. The minimum atomic E-state index is -2.27. The summed E-state index contributed by atoms with van der Waals surface area (Å²) in [7, 11) is 0. The number of aliphatic hydroxyl groups is 23. The van der Waals surface area contributed by atoms with Crippen LogP contribution in [-0.2, 0) is 87.0 Å². The predicted octanol–water partition coefficient (Wildman–Crippen LogP) is -18.9. The van der Waals surface area contributed by atoms with Crippen molar-refractivity contribution in [1.29, 1.82) is 0 Å². The molecule has 100 heavy (non-hydrogen) atoms. The van der Waals surface area contributed by atoms with Crippen LogP contribution in [-0.4, -0.2) is 421 Å². The van der Waals surface area contributed by atoms with Crippen molar-refractivity contribution in [1.82, 2.24) is 0 Å². The van der Waals surface area contributed by atoms with E-state index in [1.807, 2.05) is 0 Å². The number of aryl methyl sites for hydroxylation is 1. The number of carboxylic acids is 1. The Morgan fingerprint density at radius 3 is 0.650 bits per heavy atom. The maximum absolute atomic E-state index is 11.9. The Hall–Kier alpha value is -1.52. The molecule has 30 heterocycles. The molecule has 0 radical (unpaired) electrons. The number of thioether (sulfide) groups is 1. The van der Waals surface area contributed by atoms with Crippen molar-refractivity contribution in [3.8, 4) is 0 Å². The van der Waals surface area contributed by atoms with Crippen LogP contribution >= 0.6 is 11.8 Å². The summed E-state index contributed by atoms with van der Waals surface area (Å²) in [6, 6.07) is 6.41. The van der Waals surface area contributed by atoms with E-state index in [4.69, 9.17) is 75.8 Å². The fourth-order valence-corrected chi connectivity index (χ4v) is 14.0. The van der Waals surface area contributed by atoms with Crippen LogP contribution in [0.1, 0.15) is 12.0 Å². The van der Waals surface area contributed by atoms with E-state index in [-0.39, 0.29) is 48.2 Å². The van der Waals surface area contributed by atoms with E-state index in [1.165, 1.54) is 0 Å². The number of carbonyl (C=O) groups is 1. The average molecular weight is 1480 g/mol. The number of hydrogen-bond acceptors (Lipinski definition) is 42. The van der Waals surface area contributed by atoms with Crippen molar-refractivity contribution in [2.24, 2.45) is 0 Å². The molecule has 30 aliphatic heterocycles. The second-order valence-corrected chi connectivity index (χ2v) is 26.2. The van der Waals surface area contributed by atoms with Crippen molar-refractivity contribution in [3.63, 3.8) is 0 Å². The molecule has 16 bridgehead atoms. The first-order chi connectivity index (χ1) is 47.2. The van der Waals surface area contributed by atoms with Gasteiger partial charge in [-0.1, -0.05) is 12.1 Å². The maximum atomic E-state index is 11.9. The van der Waals surface area contributed by atoms with Crippen molar-refractivity contribution in [2.45, 2.75) is 263 Å². The van der Waals surface area contributed by atoms with E-state index in [1.54, 1.807) is 24.3 Å². The zero-order chi connectivity index (χ0) is 71.7. The van der Waals surface area contributed by atoms with Gasteiger partial charge in [0, 0.05) is 16.6 Å². The first-order valence-corrected chi connectivity index (χ1v) is 32.7. The van der Waals surface area contributed by atoms with Gasteiger partial charge >= 0.3 is 29.6 Å². The number of benzene rings is 1. The number of rotatable bonds is 13. The van der Waals surface area contributed by atoms with Crippen molar-refractivity contribution in [3.05, 3.63) is 29.8 Å². The van der Waals surface area contributed by atoms with Crippen LogP contribution in [0.3, 0.4) is 0 Å². The third-order valence-electron chi connectivity index (χ3n) is 18.7. The quantitative estimate of drug-likeness (QED) is 0.0644. The summed E-state index contributed by atoms with van der Waals surface area (Å²) < 4.78 is 93.1. The molecule has 0 unspecified atom stereocenters. The molecule has 43 heteroatoms. The number of hydrogen-bond donors (Lipinski definition) is 23. The summed E-state index contributed by atoms with van der Waals surface area (Å²) in [5.41, 5.74) is 0.608. The molecule has 40 atom stereocenters. The Morgan fingerprint density at radius 1 is 0.290 bits per heavy atom. The van der Waals surface area contributed by atoms with Crippen LogP contribution in [0.15, 0.2) is 29.2 Å². The van der Waals surface area contributed by atoms with Gasteiger partial charge in [0.1, 0.15) is 189 Å². The Kier molecular flexibility index (Phi) is 29.8. The molecule has 1 aromatic rings. The van der Waals surface area contributed by atoms with Gasteiger partial charge in [-0.2, -0.15) is 0 Å². The minimum absolute atomic E-state index is 0. The number of aliphatic carboxylic acids is 1. The van der Waals surface area contributed by atoms with Gasteiger partial charge in [-0.25, -0.2) is 0 Å². The SMILES string of the molecule is O=C([O-])CCc1ccc(SC[C@H]2O[C@@H]3O[C@H]4[C@H](O)[C@@H](O)[C@@H](O[C@H]5[C@H](O)[C@@H](O)[C@@H](O[C@H]6[C@H](O)[C@@H](O)[C@@H](O[C@H]7[C@H](O)[C@@H](O)[C@@H](O[C@H]8[C@H](O)[C@H](O)[C@@H](O[C@H]9[C@H](O)[C@@H](O)[C@@H](O[C@H]%10[C@H](O)[C@H](O)[C@@H](O[C@H]2[C@H](O)[C@H]3O)O[C@@H]%10CO)O[C@@H]9CO)O[C@@H]8CO)O[C@@H]7CO)O[C@H]6CO)O[C@H]5CO)O[C@H]4CO)cc1.[Na+]. The zero-order valence-electron chi connectivity index (χ0n) is 53.0. The molecule has 30 saturated heterocycles. The Balaban J connectivity index is 0.0000117. The van der Waals surface area contributed by atoms with Gasteiger partial charge in [0.25, 0.3) is 0 Å². The van der Waals surface area contributed by atoms with E-state index in [2.05, 4.69) is 0 Å². The van der Waals surface area contributed by atoms with Gasteiger partial charge in [-0.05, 0) is 30.5 Å². The van der Waals surface area contributed by atoms with Crippen LogP contribution in [0, 0.1) is 0 Å². The summed E-state index contributed by atoms with van der Waals surface area (Å²) in [5, 5.41) is 270. The molecular formula is C57H87NaO41S. The van der Waals surface area contributed by atoms with Gasteiger partial charge < -0.3 is 203 Å². The largest absolute Gasteiger partial charge is 1.00 e.